The van der Waals surface area contributed by atoms with Gasteiger partial charge in [0.1, 0.15) is 29.8 Å². The van der Waals surface area contributed by atoms with Crippen LogP contribution in [0.4, 0.5) is 8.78 Å². The largest absolute Gasteiger partial charge is 0.475 e. The van der Waals surface area contributed by atoms with Crippen LogP contribution in [0.15, 0.2) is 59.6 Å². The van der Waals surface area contributed by atoms with Crippen LogP contribution in [0.5, 0.6) is 0 Å². The van der Waals surface area contributed by atoms with Crippen LogP contribution >= 0.6 is 0 Å². The third-order valence-electron chi connectivity index (χ3n) is 4.49. The Labute approximate surface area is 145 Å². The molecule has 0 radical (unpaired) electrons. The molecular weight excluding hydrogens is 322 g/mol. The average molecular weight is 340 g/mol. The maximum Gasteiger partial charge on any atom is 0.222 e. The summed E-state index contributed by atoms with van der Waals surface area (Å²) in [7, 11) is 0. The molecule has 1 unspecified atom stereocenters. The minimum atomic E-state index is -0.658. The Bertz CT molecular complexity index is 802. The maximum absolute atomic E-state index is 13.9. The number of halogens is 2. The van der Waals surface area contributed by atoms with E-state index in [1.54, 1.807) is 0 Å². The summed E-state index contributed by atoms with van der Waals surface area (Å²) in [5.74, 6) is -1.28. The van der Waals surface area contributed by atoms with Gasteiger partial charge < -0.3 is 4.74 Å². The minimum Gasteiger partial charge on any atom is -0.475 e. The molecule has 4 rings (SSSR count). The normalized spacial score (nSPS) is 19.9. The fraction of sp³-hybridized carbons (Fsp3) is 0.250. The molecule has 0 bridgehead atoms. The molecule has 2 heterocycles. The molecule has 0 aromatic heterocycles. The van der Waals surface area contributed by atoms with Gasteiger partial charge in [-0.2, -0.15) is 0 Å². The van der Waals surface area contributed by atoms with Crippen molar-refractivity contribution in [3.8, 4) is 0 Å². The van der Waals surface area contributed by atoms with E-state index in [2.05, 4.69) is 34.2 Å². The van der Waals surface area contributed by atoms with Crippen LogP contribution in [-0.4, -0.2) is 30.5 Å². The number of benzene rings is 2. The molecule has 128 valence electrons. The Morgan fingerprint density at radius 1 is 1.00 bits per heavy atom. The molecule has 5 heteroatoms. The Morgan fingerprint density at radius 2 is 1.68 bits per heavy atom. The summed E-state index contributed by atoms with van der Waals surface area (Å²) in [5, 5.41) is 0. The second-order valence-corrected chi connectivity index (χ2v) is 6.26. The second-order valence-electron chi connectivity index (χ2n) is 6.26. The molecule has 2 aliphatic heterocycles. The first-order chi connectivity index (χ1) is 12.2. The zero-order chi connectivity index (χ0) is 17.2. The van der Waals surface area contributed by atoms with Crippen LogP contribution in [-0.2, 0) is 11.3 Å². The van der Waals surface area contributed by atoms with E-state index in [4.69, 9.17) is 4.74 Å². The van der Waals surface area contributed by atoms with E-state index in [0.29, 0.717) is 6.61 Å². The van der Waals surface area contributed by atoms with Gasteiger partial charge in [0.15, 0.2) is 0 Å². The number of hydrogen-bond acceptors (Lipinski definition) is 3. The Hall–Kier alpha value is -2.53. The van der Waals surface area contributed by atoms with Crippen LogP contribution in [0.2, 0.25) is 0 Å². The molecule has 0 N–H and O–H groups in total. The average Bonchev–Trinajstić information content (AvgIpc) is 3.28. The number of aliphatic imine (C=N–C) groups is 1. The van der Waals surface area contributed by atoms with Crippen molar-refractivity contribution in [3.05, 3.63) is 82.9 Å². The predicted octanol–water partition coefficient (Wildman–Crippen LogP) is 3.85. The summed E-state index contributed by atoms with van der Waals surface area (Å²) in [6.07, 6.45) is 4.34. The number of hydrogen-bond donors (Lipinski definition) is 0. The third kappa shape index (κ3) is 3.33. The van der Waals surface area contributed by atoms with E-state index >= 15 is 0 Å². The smallest absolute Gasteiger partial charge is 0.222 e. The van der Waals surface area contributed by atoms with Crippen molar-refractivity contribution in [2.24, 2.45) is 4.99 Å². The molecule has 0 aliphatic carbocycles. The van der Waals surface area contributed by atoms with Crippen molar-refractivity contribution in [2.75, 3.05) is 19.7 Å². The molecule has 0 saturated heterocycles. The van der Waals surface area contributed by atoms with Crippen molar-refractivity contribution >= 4 is 5.90 Å². The lowest BCUT2D eigenvalue weighted by Gasteiger charge is -2.15. The molecule has 2 aliphatic rings. The molecule has 1 atom stereocenters. The van der Waals surface area contributed by atoms with Gasteiger partial charge in [-0.1, -0.05) is 42.5 Å². The lowest BCUT2D eigenvalue weighted by molar-refractivity contribution is 0.317. The minimum absolute atomic E-state index is 0.0350. The Balaban J connectivity index is 1.50. The van der Waals surface area contributed by atoms with Gasteiger partial charge in [0.25, 0.3) is 0 Å². The van der Waals surface area contributed by atoms with Crippen molar-refractivity contribution in [3.63, 3.8) is 0 Å². The molecule has 25 heavy (non-hydrogen) atoms. The highest BCUT2D eigenvalue weighted by Gasteiger charge is 2.26. The highest BCUT2D eigenvalue weighted by atomic mass is 19.1. The van der Waals surface area contributed by atoms with E-state index in [-0.39, 0.29) is 17.5 Å². The van der Waals surface area contributed by atoms with Crippen LogP contribution in [0.1, 0.15) is 22.7 Å². The van der Waals surface area contributed by atoms with E-state index < -0.39 is 11.6 Å². The molecule has 2 aromatic carbocycles. The van der Waals surface area contributed by atoms with Gasteiger partial charge >= 0.3 is 0 Å². The van der Waals surface area contributed by atoms with Gasteiger partial charge in [-0.15, -0.1) is 0 Å². The van der Waals surface area contributed by atoms with Gasteiger partial charge in [-0.25, -0.2) is 13.8 Å². The number of nitrogens with zero attached hydrogens (tertiary/aromatic N) is 2. The number of rotatable bonds is 4. The van der Waals surface area contributed by atoms with Crippen LogP contribution in [0.3, 0.4) is 0 Å². The monoisotopic (exact) mass is 340 g/mol. The van der Waals surface area contributed by atoms with Crippen LogP contribution in [0.25, 0.3) is 0 Å². The molecule has 0 saturated carbocycles. The summed E-state index contributed by atoms with van der Waals surface area (Å²) >= 11 is 0. The van der Waals surface area contributed by atoms with Crippen LogP contribution in [0, 0.1) is 11.6 Å². The molecule has 0 spiro atoms. The standard InChI is InChI=1S/C20H18F2N2O/c21-16-4-3-5-17(22)19(16)20-23-18(13-25-20)15-8-6-14(7-9-15)12-24-10-1-2-11-24/h1-9,18H,10-13H2. The predicted molar refractivity (Wildman–Crippen MR) is 92.4 cm³/mol. The SMILES string of the molecule is Fc1cccc(F)c1C1=NC(c2ccc(CN3CC=CC3)cc2)CO1. The summed E-state index contributed by atoms with van der Waals surface area (Å²) in [6.45, 7) is 3.17. The highest BCUT2D eigenvalue weighted by Crippen LogP contribution is 2.27. The molecule has 0 fully saturated rings. The van der Waals surface area contributed by atoms with Crippen molar-refractivity contribution in [2.45, 2.75) is 12.6 Å². The summed E-state index contributed by atoms with van der Waals surface area (Å²) in [4.78, 5) is 6.72. The van der Waals surface area contributed by atoms with E-state index in [1.165, 1.54) is 23.8 Å². The van der Waals surface area contributed by atoms with Crippen molar-refractivity contribution < 1.29 is 13.5 Å². The van der Waals surface area contributed by atoms with E-state index in [1.807, 2.05) is 12.1 Å². The van der Waals surface area contributed by atoms with Crippen molar-refractivity contribution in [1.29, 1.82) is 0 Å². The zero-order valence-corrected chi connectivity index (χ0v) is 13.7. The first kappa shape index (κ1) is 16.0. The van der Waals surface area contributed by atoms with Crippen molar-refractivity contribution in [1.82, 2.24) is 4.90 Å². The Morgan fingerprint density at radius 3 is 2.36 bits per heavy atom. The third-order valence-corrected chi connectivity index (χ3v) is 4.49. The molecule has 3 nitrogen and oxygen atoms in total. The fourth-order valence-corrected chi connectivity index (χ4v) is 3.14. The zero-order valence-electron chi connectivity index (χ0n) is 13.7. The number of ether oxygens (including phenoxy) is 1. The molecule has 0 amide bonds. The lowest BCUT2D eigenvalue weighted by atomic mass is 10.1. The Kier molecular flexibility index (Phi) is 4.32. The summed E-state index contributed by atoms with van der Waals surface area (Å²) in [6, 6.07) is 11.7. The van der Waals surface area contributed by atoms with Gasteiger partial charge in [0, 0.05) is 19.6 Å². The van der Waals surface area contributed by atoms with E-state index in [9.17, 15) is 8.78 Å². The van der Waals surface area contributed by atoms with Gasteiger partial charge in [0.2, 0.25) is 5.90 Å². The molecular formula is C20H18F2N2O. The quantitative estimate of drug-likeness (QED) is 0.790. The van der Waals surface area contributed by atoms with E-state index in [0.717, 1.165) is 25.2 Å². The summed E-state index contributed by atoms with van der Waals surface area (Å²) in [5.41, 5.74) is 2.02. The van der Waals surface area contributed by atoms with Gasteiger partial charge in [-0.05, 0) is 23.3 Å². The van der Waals surface area contributed by atoms with Crippen LogP contribution < -0.4 is 0 Å². The first-order valence-electron chi connectivity index (χ1n) is 8.32. The molecule has 2 aromatic rings. The van der Waals surface area contributed by atoms with Gasteiger partial charge in [0.05, 0.1) is 0 Å². The lowest BCUT2D eigenvalue weighted by Crippen LogP contribution is -2.19. The van der Waals surface area contributed by atoms with Gasteiger partial charge in [-0.3, -0.25) is 4.90 Å². The first-order valence-corrected chi connectivity index (χ1v) is 8.32. The summed E-state index contributed by atoms with van der Waals surface area (Å²) < 4.78 is 33.2. The fourth-order valence-electron chi connectivity index (χ4n) is 3.14. The maximum atomic E-state index is 13.9. The highest BCUT2D eigenvalue weighted by molar-refractivity contribution is 5.95. The topological polar surface area (TPSA) is 24.8 Å². The second kappa shape index (κ2) is 6.76.